The molecule has 0 radical (unpaired) electrons. The van der Waals surface area contributed by atoms with Crippen LogP contribution in [0.5, 0.6) is 5.75 Å². The average molecular weight is 396 g/mol. The number of rotatable bonds is 5. The highest BCUT2D eigenvalue weighted by molar-refractivity contribution is 7.89. The van der Waals surface area contributed by atoms with E-state index in [0.717, 1.165) is 45.2 Å². The SMILES string of the molecule is COc1ccc(NC(=O)[C@H]2CCCN(C)C2)cc1S(=O)(=O)N1CCCCC1. The maximum atomic E-state index is 13.1. The van der Waals surface area contributed by atoms with Gasteiger partial charge >= 0.3 is 0 Å². The third-order valence-electron chi connectivity index (χ3n) is 5.36. The Morgan fingerprint density at radius 1 is 1.15 bits per heavy atom. The zero-order valence-electron chi connectivity index (χ0n) is 16.1. The molecule has 150 valence electrons. The van der Waals surface area contributed by atoms with Crippen LogP contribution in [0.25, 0.3) is 0 Å². The first-order valence-corrected chi connectivity index (χ1v) is 11.0. The molecular formula is C19H29N3O4S. The van der Waals surface area contributed by atoms with Gasteiger partial charge in [0.15, 0.2) is 0 Å². The van der Waals surface area contributed by atoms with E-state index in [1.165, 1.54) is 17.5 Å². The van der Waals surface area contributed by atoms with E-state index < -0.39 is 10.0 Å². The minimum absolute atomic E-state index is 0.0620. The largest absolute Gasteiger partial charge is 0.495 e. The number of hydrogen-bond acceptors (Lipinski definition) is 5. The van der Waals surface area contributed by atoms with Crippen LogP contribution < -0.4 is 10.1 Å². The second kappa shape index (κ2) is 8.58. The van der Waals surface area contributed by atoms with E-state index in [1.807, 2.05) is 7.05 Å². The molecule has 0 spiro atoms. The van der Waals surface area contributed by atoms with Gasteiger partial charge in [0.2, 0.25) is 15.9 Å². The van der Waals surface area contributed by atoms with Crippen molar-refractivity contribution in [3.05, 3.63) is 18.2 Å². The van der Waals surface area contributed by atoms with Gasteiger partial charge in [0, 0.05) is 25.3 Å². The summed E-state index contributed by atoms with van der Waals surface area (Å²) in [6.45, 7) is 2.78. The molecule has 7 nitrogen and oxygen atoms in total. The van der Waals surface area contributed by atoms with Crippen LogP contribution in [0, 0.1) is 5.92 Å². The number of ether oxygens (including phenoxy) is 1. The quantitative estimate of drug-likeness (QED) is 0.826. The molecule has 0 bridgehead atoms. The van der Waals surface area contributed by atoms with Crippen LogP contribution in [0.15, 0.2) is 23.1 Å². The van der Waals surface area contributed by atoms with Crippen molar-refractivity contribution in [2.75, 3.05) is 45.7 Å². The lowest BCUT2D eigenvalue weighted by atomic mass is 9.97. The fraction of sp³-hybridized carbons (Fsp3) is 0.632. The van der Waals surface area contributed by atoms with Crippen LogP contribution in [0.4, 0.5) is 5.69 Å². The molecule has 0 aliphatic carbocycles. The lowest BCUT2D eigenvalue weighted by Gasteiger charge is -2.29. The van der Waals surface area contributed by atoms with E-state index in [2.05, 4.69) is 10.2 Å². The smallest absolute Gasteiger partial charge is 0.246 e. The summed E-state index contributed by atoms with van der Waals surface area (Å²) in [5.74, 6) is 0.164. The van der Waals surface area contributed by atoms with E-state index in [9.17, 15) is 13.2 Å². The Kier molecular flexibility index (Phi) is 6.39. The van der Waals surface area contributed by atoms with Gasteiger partial charge < -0.3 is 15.0 Å². The molecular weight excluding hydrogens is 366 g/mol. The van der Waals surface area contributed by atoms with Crippen molar-refractivity contribution < 1.29 is 17.9 Å². The van der Waals surface area contributed by atoms with Crippen LogP contribution in [0.3, 0.4) is 0 Å². The lowest BCUT2D eigenvalue weighted by Crippen LogP contribution is -2.38. The number of piperidine rings is 2. The van der Waals surface area contributed by atoms with Crippen molar-refractivity contribution in [1.29, 1.82) is 0 Å². The molecule has 2 heterocycles. The molecule has 1 aromatic rings. The molecule has 8 heteroatoms. The van der Waals surface area contributed by atoms with Crippen molar-refractivity contribution in [3.63, 3.8) is 0 Å². The molecule has 0 unspecified atom stereocenters. The van der Waals surface area contributed by atoms with Gasteiger partial charge in [-0.15, -0.1) is 0 Å². The molecule has 2 saturated heterocycles. The summed E-state index contributed by atoms with van der Waals surface area (Å²) in [4.78, 5) is 14.9. The molecule has 27 heavy (non-hydrogen) atoms. The number of anilines is 1. The Morgan fingerprint density at radius 3 is 2.56 bits per heavy atom. The minimum atomic E-state index is -3.65. The van der Waals surface area contributed by atoms with Gasteiger partial charge in [-0.1, -0.05) is 6.42 Å². The molecule has 0 saturated carbocycles. The molecule has 2 aliphatic heterocycles. The standard InChI is InChI=1S/C19H29N3O4S/c1-21-10-6-7-15(14-21)19(23)20-16-8-9-17(26-2)18(13-16)27(24,25)22-11-4-3-5-12-22/h8-9,13,15H,3-7,10-12,14H2,1-2H3,(H,20,23)/t15-/m0/s1. The normalized spacial score (nSPS) is 22.4. The maximum Gasteiger partial charge on any atom is 0.246 e. The maximum absolute atomic E-state index is 13.1. The van der Waals surface area contributed by atoms with Crippen LogP contribution in [-0.4, -0.2) is 63.9 Å². The molecule has 2 aliphatic rings. The van der Waals surface area contributed by atoms with Crippen molar-refractivity contribution in [2.24, 2.45) is 5.92 Å². The number of methoxy groups -OCH3 is 1. The number of nitrogens with zero attached hydrogens (tertiary/aromatic N) is 2. The Hall–Kier alpha value is -1.64. The first-order chi connectivity index (χ1) is 12.9. The van der Waals surface area contributed by atoms with Crippen LogP contribution in [0.2, 0.25) is 0 Å². The topological polar surface area (TPSA) is 79.0 Å². The Labute approximate surface area is 161 Å². The number of sulfonamides is 1. The summed E-state index contributed by atoms with van der Waals surface area (Å²) in [6.07, 6.45) is 4.63. The molecule has 1 aromatic carbocycles. The summed E-state index contributed by atoms with van der Waals surface area (Å²) in [5, 5.41) is 2.89. The zero-order chi connectivity index (χ0) is 19.4. The number of carbonyl (C=O) groups is 1. The predicted octanol–water partition coefficient (Wildman–Crippen LogP) is 2.15. The highest BCUT2D eigenvalue weighted by Crippen LogP contribution is 2.31. The zero-order valence-corrected chi connectivity index (χ0v) is 16.9. The molecule has 3 rings (SSSR count). The highest BCUT2D eigenvalue weighted by atomic mass is 32.2. The monoisotopic (exact) mass is 395 g/mol. The lowest BCUT2D eigenvalue weighted by molar-refractivity contribution is -0.121. The van der Waals surface area contributed by atoms with Crippen molar-refractivity contribution in [2.45, 2.75) is 37.0 Å². The summed E-state index contributed by atoms with van der Waals surface area (Å²) in [5.41, 5.74) is 0.490. The number of carbonyl (C=O) groups excluding carboxylic acids is 1. The Morgan fingerprint density at radius 2 is 1.89 bits per heavy atom. The third kappa shape index (κ3) is 4.62. The number of amides is 1. The molecule has 2 fully saturated rings. The second-order valence-corrected chi connectivity index (χ2v) is 9.33. The van der Waals surface area contributed by atoms with Gasteiger partial charge in [0.1, 0.15) is 10.6 Å². The second-order valence-electron chi connectivity index (χ2n) is 7.42. The number of benzene rings is 1. The first-order valence-electron chi connectivity index (χ1n) is 9.59. The number of likely N-dealkylation sites (tertiary alicyclic amines) is 1. The highest BCUT2D eigenvalue weighted by Gasteiger charge is 2.30. The van der Waals surface area contributed by atoms with E-state index >= 15 is 0 Å². The van der Waals surface area contributed by atoms with Crippen molar-refractivity contribution >= 4 is 21.6 Å². The van der Waals surface area contributed by atoms with E-state index in [0.29, 0.717) is 24.5 Å². The van der Waals surface area contributed by atoms with Gasteiger partial charge in [-0.05, 0) is 57.5 Å². The van der Waals surface area contributed by atoms with Crippen molar-refractivity contribution in [1.82, 2.24) is 9.21 Å². The first kappa shape index (κ1) is 20.1. The molecule has 1 amide bonds. The van der Waals surface area contributed by atoms with Gasteiger partial charge in [-0.3, -0.25) is 4.79 Å². The molecule has 0 aromatic heterocycles. The fourth-order valence-corrected chi connectivity index (χ4v) is 5.52. The van der Waals surface area contributed by atoms with Crippen LogP contribution in [-0.2, 0) is 14.8 Å². The van der Waals surface area contributed by atoms with Crippen molar-refractivity contribution in [3.8, 4) is 5.75 Å². The predicted molar refractivity (Wildman–Crippen MR) is 104 cm³/mol. The Bertz CT molecular complexity index is 775. The van der Waals surface area contributed by atoms with Crippen LogP contribution >= 0.6 is 0 Å². The van der Waals surface area contributed by atoms with Gasteiger partial charge in [-0.2, -0.15) is 4.31 Å². The van der Waals surface area contributed by atoms with E-state index in [-0.39, 0.29) is 16.7 Å². The molecule has 1 N–H and O–H groups in total. The minimum Gasteiger partial charge on any atom is -0.495 e. The summed E-state index contributed by atoms with van der Waals surface area (Å²) in [7, 11) is -0.179. The Balaban J connectivity index is 1.81. The van der Waals surface area contributed by atoms with Gasteiger partial charge in [0.05, 0.1) is 13.0 Å². The summed E-state index contributed by atoms with van der Waals surface area (Å²) in [6, 6.07) is 4.82. The van der Waals surface area contributed by atoms with E-state index in [1.54, 1.807) is 12.1 Å². The van der Waals surface area contributed by atoms with Gasteiger partial charge in [0.25, 0.3) is 0 Å². The summed E-state index contributed by atoms with van der Waals surface area (Å²) >= 11 is 0. The van der Waals surface area contributed by atoms with Gasteiger partial charge in [-0.25, -0.2) is 8.42 Å². The fourth-order valence-electron chi connectivity index (χ4n) is 3.83. The molecule has 1 atom stereocenters. The van der Waals surface area contributed by atoms with E-state index in [4.69, 9.17) is 4.74 Å². The summed E-state index contributed by atoms with van der Waals surface area (Å²) < 4.78 is 32.9. The van der Waals surface area contributed by atoms with Crippen LogP contribution in [0.1, 0.15) is 32.1 Å². The number of hydrogen-bond donors (Lipinski definition) is 1. The third-order valence-corrected chi connectivity index (χ3v) is 7.28. The average Bonchev–Trinajstić information content (AvgIpc) is 2.68. The number of nitrogens with one attached hydrogen (secondary N) is 1.